The van der Waals surface area contributed by atoms with Gasteiger partial charge in [-0.25, -0.2) is 9.78 Å². The summed E-state index contributed by atoms with van der Waals surface area (Å²) in [7, 11) is 0. The number of nitrogens with zero attached hydrogens (tertiary/aromatic N) is 1. The Morgan fingerprint density at radius 2 is 1.89 bits per heavy atom. The predicted molar refractivity (Wildman–Crippen MR) is 152 cm³/mol. The predicted octanol–water partition coefficient (Wildman–Crippen LogP) is 7.30. The van der Waals surface area contributed by atoms with E-state index < -0.39 is 0 Å². The molecule has 0 radical (unpaired) electrons. The van der Waals surface area contributed by atoms with E-state index in [1.54, 1.807) is 13.0 Å². The number of hydrogen-bond donors (Lipinski definition) is 1. The number of rotatable bonds is 7. The lowest BCUT2D eigenvalue weighted by Crippen LogP contribution is -2.17. The molecular formula is C31H32N2O4S. The molecule has 0 saturated heterocycles. The van der Waals surface area contributed by atoms with Gasteiger partial charge in [-0.2, -0.15) is 0 Å². The number of fused-ring (bicyclic) bond motifs is 2. The van der Waals surface area contributed by atoms with Crippen LogP contribution in [0.5, 0.6) is 5.75 Å². The van der Waals surface area contributed by atoms with Gasteiger partial charge in [0, 0.05) is 15.8 Å². The van der Waals surface area contributed by atoms with Crippen molar-refractivity contribution in [3.8, 4) is 17.0 Å². The van der Waals surface area contributed by atoms with Crippen molar-refractivity contribution in [2.75, 3.05) is 11.9 Å². The topological polar surface area (TPSA) is 77.5 Å². The van der Waals surface area contributed by atoms with E-state index in [0.717, 1.165) is 40.7 Å². The van der Waals surface area contributed by atoms with E-state index in [0.29, 0.717) is 39.0 Å². The summed E-state index contributed by atoms with van der Waals surface area (Å²) < 4.78 is 11.4. The zero-order valence-electron chi connectivity index (χ0n) is 22.2. The smallest absolute Gasteiger partial charge is 0.341 e. The molecule has 0 spiro atoms. The van der Waals surface area contributed by atoms with Crippen LogP contribution in [0.2, 0.25) is 0 Å². The van der Waals surface area contributed by atoms with Crippen LogP contribution in [0.4, 0.5) is 5.00 Å². The molecule has 2 aromatic carbocycles. The zero-order chi connectivity index (χ0) is 26.8. The molecule has 0 unspecified atom stereocenters. The van der Waals surface area contributed by atoms with Gasteiger partial charge in [-0.15, -0.1) is 11.3 Å². The van der Waals surface area contributed by atoms with Gasteiger partial charge in [0.2, 0.25) is 0 Å². The molecular weight excluding hydrogens is 496 g/mol. The number of para-hydroxylation sites is 2. The molecule has 2 heterocycles. The molecule has 1 aliphatic rings. The number of thiophene rings is 1. The maximum atomic E-state index is 13.9. The number of benzene rings is 2. The Morgan fingerprint density at radius 3 is 2.68 bits per heavy atom. The van der Waals surface area contributed by atoms with Gasteiger partial charge in [-0.05, 0) is 75.8 Å². The van der Waals surface area contributed by atoms with Crippen molar-refractivity contribution in [2.24, 2.45) is 5.92 Å². The Morgan fingerprint density at radius 1 is 1.13 bits per heavy atom. The summed E-state index contributed by atoms with van der Waals surface area (Å²) >= 11 is 1.49. The molecule has 7 heteroatoms. The molecule has 2 aromatic heterocycles. The third-order valence-electron chi connectivity index (χ3n) is 6.70. The molecule has 1 N–H and O–H groups in total. The van der Waals surface area contributed by atoms with E-state index in [9.17, 15) is 9.59 Å². The molecule has 5 rings (SSSR count). The van der Waals surface area contributed by atoms with Crippen molar-refractivity contribution in [2.45, 2.75) is 53.1 Å². The number of nitrogens with one attached hydrogen (secondary N) is 1. The van der Waals surface area contributed by atoms with Crippen molar-refractivity contribution in [1.29, 1.82) is 0 Å². The van der Waals surface area contributed by atoms with Crippen LogP contribution in [0.3, 0.4) is 0 Å². The fourth-order valence-electron chi connectivity index (χ4n) is 4.96. The van der Waals surface area contributed by atoms with Gasteiger partial charge in [0.15, 0.2) is 0 Å². The zero-order valence-corrected chi connectivity index (χ0v) is 23.0. The summed E-state index contributed by atoms with van der Waals surface area (Å²) in [5, 5.41) is 4.37. The van der Waals surface area contributed by atoms with Crippen molar-refractivity contribution >= 4 is 39.1 Å². The Labute approximate surface area is 227 Å². The van der Waals surface area contributed by atoms with Crippen LogP contribution in [-0.2, 0) is 17.6 Å². The van der Waals surface area contributed by atoms with E-state index in [2.05, 4.69) is 12.2 Å². The number of esters is 1. The molecule has 1 aliphatic carbocycles. The highest BCUT2D eigenvalue weighted by Crippen LogP contribution is 2.41. The van der Waals surface area contributed by atoms with Gasteiger partial charge in [0.1, 0.15) is 10.8 Å². The number of amides is 1. The van der Waals surface area contributed by atoms with E-state index >= 15 is 0 Å². The molecule has 4 aromatic rings. The molecule has 1 amide bonds. The molecule has 0 bridgehead atoms. The highest BCUT2D eigenvalue weighted by atomic mass is 32.1. The van der Waals surface area contributed by atoms with Crippen LogP contribution in [0.1, 0.15) is 65.3 Å². The van der Waals surface area contributed by atoms with Crippen LogP contribution in [0.25, 0.3) is 22.2 Å². The first kappa shape index (κ1) is 25.9. The Hall–Kier alpha value is -3.71. The SMILES string of the molecule is CCOC(=O)c1c(NC(=O)c2cc(-c3ccccc3OC(C)C)nc3ccccc23)sc2c1CC[C@H](C)C2. The minimum atomic E-state index is -0.380. The summed E-state index contributed by atoms with van der Waals surface area (Å²) in [4.78, 5) is 32.9. The number of ether oxygens (including phenoxy) is 2. The molecule has 196 valence electrons. The van der Waals surface area contributed by atoms with Crippen LogP contribution >= 0.6 is 11.3 Å². The first-order valence-electron chi connectivity index (χ1n) is 13.1. The normalized spacial score (nSPS) is 14.8. The maximum Gasteiger partial charge on any atom is 0.341 e. The largest absolute Gasteiger partial charge is 0.490 e. The van der Waals surface area contributed by atoms with Gasteiger partial charge >= 0.3 is 5.97 Å². The van der Waals surface area contributed by atoms with E-state index in [1.807, 2.05) is 62.4 Å². The third kappa shape index (κ3) is 5.16. The summed E-state index contributed by atoms with van der Waals surface area (Å²) in [5.41, 5.74) is 4.17. The lowest BCUT2D eigenvalue weighted by Gasteiger charge is -2.18. The highest BCUT2D eigenvalue weighted by Gasteiger charge is 2.29. The monoisotopic (exact) mass is 528 g/mol. The average molecular weight is 529 g/mol. The quantitative estimate of drug-likeness (QED) is 0.255. The van der Waals surface area contributed by atoms with Gasteiger partial charge in [0.25, 0.3) is 5.91 Å². The van der Waals surface area contributed by atoms with Crippen molar-refractivity contribution in [3.63, 3.8) is 0 Å². The second-order valence-corrected chi connectivity index (χ2v) is 11.1. The molecule has 38 heavy (non-hydrogen) atoms. The molecule has 0 aliphatic heterocycles. The van der Waals surface area contributed by atoms with Crippen molar-refractivity contribution in [3.05, 3.63) is 76.2 Å². The van der Waals surface area contributed by atoms with Crippen LogP contribution in [0, 0.1) is 5.92 Å². The summed E-state index contributed by atoms with van der Waals surface area (Å²) in [6.45, 7) is 8.25. The summed E-state index contributed by atoms with van der Waals surface area (Å²) in [5.74, 6) is 0.583. The number of carbonyl (C=O) groups excluding carboxylic acids is 2. The Bertz CT molecular complexity index is 1510. The number of hydrogen-bond acceptors (Lipinski definition) is 6. The standard InChI is InChI=1S/C31H32N2O4S/c1-5-36-31(35)28-22-15-14-19(4)16-27(22)38-30(28)33-29(34)23-17-25(32-24-12-8-6-10-20(23)24)21-11-7-9-13-26(21)37-18(2)3/h6-13,17-19H,5,14-16H2,1-4H3,(H,33,34)/t19-/m0/s1. The molecule has 0 saturated carbocycles. The number of carbonyl (C=O) groups is 2. The minimum absolute atomic E-state index is 0.00625. The molecule has 0 fully saturated rings. The fraction of sp³-hybridized carbons (Fsp3) is 0.323. The van der Waals surface area contributed by atoms with Gasteiger partial charge < -0.3 is 14.8 Å². The third-order valence-corrected chi connectivity index (χ3v) is 7.87. The van der Waals surface area contributed by atoms with E-state index in [1.165, 1.54) is 11.3 Å². The minimum Gasteiger partial charge on any atom is -0.490 e. The Kier molecular flexibility index (Phi) is 7.47. The maximum absolute atomic E-state index is 13.9. The number of anilines is 1. The summed E-state index contributed by atoms with van der Waals surface area (Å²) in [6, 6.07) is 17.1. The van der Waals surface area contributed by atoms with Crippen molar-refractivity contribution < 1.29 is 19.1 Å². The Balaban J connectivity index is 1.59. The summed E-state index contributed by atoms with van der Waals surface area (Å²) in [6.07, 6.45) is 2.72. The molecule has 1 atom stereocenters. The second-order valence-electron chi connectivity index (χ2n) is 9.97. The van der Waals surface area contributed by atoms with Gasteiger partial charge in [-0.3, -0.25) is 4.79 Å². The van der Waals surface area contributed by atoms with Gasteiger partial charge in [0.05, 0.1) is 35.0 Å². The molecule has 6 nitrogen and oxygen atoms in total. The number of aromatic nitrogens is 1. The van der Waals surface area contributed by atoms with Crippen LogP contribution in [-0.4, -0.2) is 29.6 Å². The number of pyridine rings is 1. The first-order chi connectivity index (χ1) is 18.4. The first-order valence-corrected chi connectivity index (χ1v) is 14.0. The fourth-order valence-corrected chi connectivity index (χ4v) is 6.36. The second kappa shape index (κ2) is 11.0. The van der Waals surface area contributed by atoms with E-state index in [4.69, 9.17) is 14.5 Å². The lowest BCUT2D eigenvalue weighted by molar-refractivity contribution is 0.0526. The highest BCUT2D eigenvalue weighted by molar-refractivity contribution is 7.17. The van der Waals surface area contributed by atoms with Gasteiger partial charge in [-0.1, -0.05) is 37.3 Å². The van der Waals surface area contributed by atoms with Crippen LogP contribution in [0.15, 0.2) is 54.6 Å². The average Bonchev–Trinajstić information content (AvgIpc) is 3.24. The van der Waals surface area contributed by atoms with E-state index in [-0.39, 0.29) is 24.6 Å². The van der Waals surface area contributed by atoms with Crippen LogP contribution < -0.4 is 10.1 Å². The van der Waals surface area contributed by atoms with Crippen molar-refractivity contribution in [1.82, 2.24) is 4.98 Å². The lowest BCUT2D eigenvalue weighted by atomic mass is 9.88.